The van der Waals surface area contributed by atoms with Gasteiger partial charge in [0.15, 0.2) is 0 Å². The molecule has 0 bridgehead atoms. The summed E-state index contributed by atoms with van der Waals surface area (Å²) in [6.45, 7) is 7.79. The summed E-state index contributed by atoms with van der Waals surface area (Å²) in [5.74, 6) is 0.316. The van der Waals surface area contributed by atoms with E-state index in [2.05, 4.69) is 10.3 Å². The Kier molecular flexibility index (Phi) is 5.95. The summed E-state index contributed by atoms with van der Waals surface area (Å²) in [4.78, 5) is 16.3. The van der Waals surface area contributed by atoms with Crippen LogP contribution in [0.2, 0.25) is 0 Å². The highest BCUT2D eigenvalue weighted by molar-refractivity contribution is 5.94. The van der Waals surface area contributed by atoms with Gasteiger partial charge in [0.05, 0.1) is 11.7 Å². The summed E-state index contributed by atoms with van der Waals surface area (Å²) < 4.78 is 5.43. The summed E-state index contributed by atoms with van der Waals surface area (Å²) in [5.41, 5.74) is 0.0811. The van der Waals surface area contributed by atoms with Crippen molar-refractivity contribution in [2.24, 2.45) is 0 Å². The van der Waals surface area contributed by atoms with Gasteiger partial charge >= 0.3 is 0 Å². The molecule has 0 aliphatic carbocycles. The molecule has 0 fully saturated rings. The summed E-state index contributed by atoms with van der Waals surface area (Å²) in [6, 6.07) is 3.37. The third-order valence-corrected chi connectivity index (χ3v) is 3.21. The number of amides is 1. The van der Waals surface area contributed by atoms with Crippen LogP contribution in [-0.4, -0.2) is 34.2 Å². The lowest BCUT2D eigenvalue weighted by atomic mass is 9.94. The third kappa shape index (κ3) is 4.81. The van der Waals surface area contributed by atoms with E-state index in [9.17, 15) is 4.79 Å². The molecule has 1 amide bonds. The van der Waals surface area contributed by atoms with Crippen molar-refractivity contribution in [2.75, 3.05) is 6.61 Å². The summed E-state index contributed by atoms with van der Waals surface area (Å²) in [6.07, 6.45) is 2.83. The van der Waals surface area contributed by atoms with Gasteiger partial charge in [-0.15, -0.1) is 0 Å². The van der Waals surface area contributed by atoms with E-state index in [0.29, 0.717) is 17.9 Å². The second-order valence-electron chi connectivity index (χ2n) is 5.39. The highest BCUT2D eigenvalue weighted by Crippen LogP contribution is 2.16. The zero-order valence-corrected chi connectivity index (χ0v) is 12.6. The van der Waals surface area contributed by atoms with E-state index < -0.39 is 5.54 Å². The summed E-state index contributed by atoms with van der Waals surface area (Å²) in [5, 5.41) is 12.0. The lowest BCUT2D eigenvalue weighted by Crippen LogP contribution is -2.46. The van der Waals surface area contributed by atoms with E-state index in [1.807, 2.05) is 27.7 Å². The Morgan fingerprint density at radius 1 is 1.50 bits per heavy atom. The van der Waals surface area contributed by atoms with Crippen LogP contribution in [0.1, 0.15) is 50.9 Å². The first kappa shape index (κ1) is 16.4. The van der Waals surface area contributed by atoms with Crippen LogP contribution in [0.4, 0.5) is 0 Å². The van der Waals surface area contributed by atoms with Crippen LogP contribution < -0.4 is 10.1 Å². The first-order chi connectivity index (χ1) is 9.40. The van der Waals surface area contributed by atoms with Gasteiger partial charge in [-0.3, -0.25) is 4.79 Å². The Morgan fingerprint density at radius 3 is 2.65 bits per heavy atom. The van der Waals surface area contributed by atoms with Crippen LogP contribution in [0.5, 0.6) is 5.88 Å². The molecule has 0 aromatic carbocycles. The second-order valence-corrected chi connectivity index (χ2v) is 5.39. The molecule has 0 aliphatic heterocycles. The van der Waals surface area contributed by atoms with Gasteiger partial charge in [0.2, 0.25) is 5.88 Å². The predicted molar refractivity (Wildman–Crippen MR) is 77.9 cm³/mol. The van der Waals surface area contributed by atoms with Gasteiger partial charge < -0.3 is 15.2 Å². The SMILES string of the molecule is CCC(C)(CCO)NC(=O)c1ccc(OC(C)C)nc1. The van der Waals surface area contributed by atoms with Crippen molar-refractivity contribution in [3.05, 3.63) is 23.9 Å². The maximum Gasteiger partial charge on any atom is 0.253 e. The molecule has 1 rings (SSSR count). The summed E-state index contributed by atoms with van der Waals surface area (Å²) in [7, 11) is 0. The number of aromatic nitrogens is 1. The fourth-order valence-electron chi connectivity index (χ4n) is 1.75. The molecule has 0 radical (unpaired) electrons. The van der Waals surface area contributed by atoms with Crippen LogP contribution in [0.25, 0.3) is 0 Å². The zero-order chi connectivity index (χ0) is 15.2. The molecular weight excluding hydrogens is 256 g/mol. The Labute approximate surface area is 120 Å². The van der Waals surface area contributed by atoms with Gasteiger partial charge in [0, 0.05) is 24.4 Å². The lowest BCUT2D eigenvalue weighted by Gasteiger charge is -2.29. The molecule has 1 aromatic rings. The van der Waals surface area contributed by atoms with Gasteiger partial charge in [-0.25, -0.2) is 4.98 Å². The van der Waals surface area contributed by atoms with E-state index >= 15 is 0 Å². The predicted octanol–water partition coefficient (Wildman–Crippen LogP) is 2.15. The van der Waals surface area contributed by atoms with Crippen LogP contribution in [0.3, 0.4) is 0 Å². The Bertz CT molecular complexity index is 431. The molecule has 0 saturated heterocycles. The Balaban J connectivity index is 2.72. The Hall–Kier alpha value is -1.62. The van der Waals surface area contributed by atoms with E-state index in [4.69, 9.17) is 9.84 Å². The fraction of sp³-hybridized carbons (Fsp3) is 0.600. The number of aliphatic hydroxyl groups excluding tert-OH is 1. The number of ether oxygens (including phenoxy) is 1. The summed E-state index contributed by atoms with van der Waals surface area (Å²) >= 11 is 0. The molecule has 1 aromatic heterocycles. The van der Waals surface area contributed by atoms with Crippen molar-refractivity contribution in [1.82, 2.24) is 10.3 Å². The van der Waals surface area contributed by atoms with E-state index in [1.165, 1.54) is 6.20 Å². The quantitative estimate of drug-likeness (QED) is 0.803. The maximum atomic E-state index is 12.2. The average molecular weight is 280 g/mol. The lowest BCUT2D eigenvalue weighted by molar-refractivity contribution is 0.0885. The van der Waals surface area contributed by atoms with E-state index in [-0.39, 0.29) is 18.6 Å². The third-order valence-electron chi connectivity index (χ3n) is 3.21. The number of nitrogens with one attached hydrogen (secondary N) is 1. The largest absolute Gasteiger partial charge is 0.475 e. The number of pyridine rings is 1. The average Bonchev–Trinajstić information content (AvgIpc) is 2.39. The van der Waals surface area contributed by atoms with Crippen molar-refractivity contribution >= 4 is 5.91 Å². The molecule has 0 spiro atoms. The minimum absolute atomic E-state index is 0.0457. The highest BCUT2D eigenvalue weighted by atomic mass is 16.5. The molecule has 20 heavy (non-hydrogen) atoms. The highest BCUT2D eigenvalue weighted by Gasteiger charge is 2.24. The molecule has 5 heteroatoms. The van der Waals surface area contributed by atoms with Crippen molar-refractivity contribution in [3.8, 4) is 5.88 Å². The molecule has 0 saturated carbocycles. The first-order valence-electron chi connectivity index (χ1n) is 6.96. The van der Waals surface area contributed by atoms with E-state index in [0.717, 1.165) is 6.42 Å². The molecule has 0 aliphatic rings. The maximum absolute atomic E-state index is 12.2. The normalized spacial score (nSPS) is 13.9. The van der Waals surface area contributed by atoms with Crippen molar-refractivity contribution < 1.29 is 14.6 Å². The minimum atomic E-state index is -0.404. The number of carbonyl (C=O) groups excluding carboxylic acids is 1. The topological polar surface area (TPSA) is 71.5 Å². The fourth-order valence-corrected chi connectivity index (χ4v) is 1.75. The second kappa shape index (κ2) is 7.24. The number of rotatable bonds is 7. The van der Waals surface area contributed by atoms with Crippen molar-refractivity contribution in [2.45, 2.75) is 52.2 Å². The standard InChI is InChI=1S/C15H24N2O3/c1-5-15(4,8-9-18)17-14(19)12-6-7-13(16-10-12)20-11(2)3/h6-7,10-11,18H,5,8-9H2,1-4H3,(H,17,19). The number of carbonyl (C=O) groups is 1. The van der Waals surface area contributed by atoms with Gasteiger partial charge in [0.1, 0.15) is 0 Å². The van der Waals surface area contributed by atoms with Crippen molar-refractivity contribution in [1.29, 1.82) is 0 Å². The molecule has 1 unspecified atom stereocenters. The van der Waals surface area contributed by atoms with Gasteiger partial charge in [-0.2, -0.15) is 0 Å². The van der Waals surface area contributed by atoms with Crippen LogP contribution in [0.15, 0.2) is 18.3 Å². The van der Waals surface area contributed by atoms with Gasteiger partial charge in [0.25, 0.3) is 5.91 Å². The first-order valence-corrected chi connectivity index (χ1v) is 6.96. The molecule has 1 heterocycles. The molecular formula is C15H24N2O3. The Morgan fingerprint density at radius 2 is 2.20 bits per heavy atom. The molecule has 112 valence electrons. The number of hydrogen-bond acceptors (Lipinski definition) is 4. The van der Waals surface area contributed by atoms with Gasteiger partial charge in [-0.05, 0) is 39.7 Å². The molecule has 2 N–H and O–H groups in total. The van der Waals surface area contributed by atoms with Gasteiger partial charge in [-0.1, -0.05) is 6.92 Å². The van der Waals surface area contributed by atoms with Crippen LogP contribution in [0, 0.1) is 0 Å². The van der Waals surface area contributed by atoms with Crippen molar-refractivity contribution in [3.63, 3.8) is 0 Å². The number of nitrogens with zero attached hydrogens (tertiary/aromatic N) is 1. The zero-order valence-electron chi connectivity index (χ0n) is 12.6. The monoisotopic (exact) mass is 280 g/mol. The van der Waals surface area contributed by atoms with E-state index in [1.54, 1.807) is 12.1 Å². The molecule has 5 nitrogen and oxygen atoms in total. The molecule has 1 atom stereocenters. The van der Waals surface area contributed by atoms with Crippen LogP contribution >= 0.6 is 0 Å². The number of aliphatic hydroxyl groups is 1. The number of hydrogen-bond donors (Lipinski definition) is 2. The smallest absolute Gasteiger partial charge is 0.253 e. The minimum Gasteiger partial charge on any atom is -0.475 e. The van der Waals surface area contributed by atoms with Crippen LogP contribution in [-0.2, 0) is 0 Å².